The van der Waals surface area contributed by atoms with Crippen LogP contribution in [-0.2, 0) is 13.6 Å². The van der Waals surface area contributed by atoms with Crippen molar-refractivity contribution < 1.29 is 4.39 Å². The van der Waals surface area contributed by atoms with Crippen molar-refractivity contribution in [3.63, 3.8) is 0 Å². The molecule has 0 bridgehead atoms. The summed E-state index contributed by atoms with van der Waals surface area (Å²) in [5.74, 6) is 0.348. The Balaban J connectivity index is 2.25. The fourth-order valence-corrected chi connectivity index (χ4v) is 2.17. The largest absolute Gasteiger partial charge is 0.326 e. The molecule has 0 aliphatic rings. The van der Waals surface area contributed by atoms with Gasteiger partial charge in [0.2, 0.25) is 0 Å². The molecule has 3 aromatic rings. The maximum absolute atomic E-state index is 12.9. The third kappa shape index (κ3) is 1.88. The van der Waals surface area contributed by atoms with Crippen LogP contribution in [0.15, 0.2) is 36.5 Å². The molecule has 0 amide bonds. The number of rotatable bonds is 2. The first-order chi connectivity index (χ1) is 9.20. The molecule has 2 N–H and O–H groups in total. The Kier molecular flexibility index (Phi) is 2.76. The summed E-state index contributed by atoms with van der Waals surface area (Å²) in [6.07, 6.45) is 1.19. The molecular formula is C14H13FN4. The number of aryl methyl sites for hydroxylation is 1. The third-order valence-electron chi connectivity index (χ3n) is 3.17. The first kappa shape index (κ1) is 11.8. The second-order valence-electron chi connectivity index (χ2n) is 4.35. The molecule has 4 nitrogen and oxygen atoms in total. The van der Waals surface area contributed by atoms with Crippen LogP contribution in [0.3, 0.4) is 0 Å². The summed E-state index contributed by atoms with van der Waals surface area (Å²) in [4.78, 5) is 8.65. The van der Waals surface area contributed by atoms with Gasteiger partial charge in [-0.05, 0) is 23.8 Å². The summed E-state index contributed by atoms with van der Waals surface area (Å²) in [7, 11) is 1.91. The van der Waals surface area contributed by atoms with E-state index in [0.717, 1.165) is 16.6 Å². The van der Waals surface area contributed by atoms with Crippen molar-refractivity contribution in [2.45, 2.75) is 6.54 Å². The van der Waals surface area contributed by atoms with Crippen molar-refractivity contribution in [1.29, 1.82) is 0 Å². The van der Waals surface area contributed by atoms with E-state index in [1.807, 2.05) is 29.8 Å². The van der Waals surface area contributed by atoms with E-state index in [1.165, 1.54) is 12.3 Å². The number of pyridine rings is 1. The Bertz CT molecular complexity index is 731. The minimum atomic E-state index is -0.356. The Morgan fingerprint density at radius 2 is 2.11 bits per heavy atom. The highest BCUT2D eigenvalue weighted by Crippen LogP contribution is 2.24. The van der Waals surface area contributed by atoms with Crippen molar-refractivity contribution in [2.75, 3.05) is 0 Å². The van der Waals surface area contributed by atoms with E-state index in [4.69, 9.17) is 5.73 Å². The van der Waals surface area contributed by atoms with Crippen LogP contribution < -0.4 is 5.73 Å². The normalized spacial score (nSPS) is 11.1. The van der Waals surface area contributed by atoms with Gasteiger partial charge in [-0.3, -0.25) is 0 Å². The fraction of sp³-hybridized carbons (Fsp3) is 0.143. The summed E-state index contributed by atoms with van der Waals surface area (Å²) in [5.41, 5.74) is 9.21. The van der Waals surface area contributed by atoms with Crippen molar-refractivity contribution in [3.8, 4) is 11.5 Å². The summed E-state index contributed by atoms with van der Waals surface area (Å²) < 4.78 is 14.9. The molecule has 0 atom stereocenters. The highest BCUT2D eigenvalue weighted by atomic mass is 19.1. The van der Waals surface area contributed by atoms with Gasteiger partial charge in [-0.2, -0.15) is 0 Å². The molecule has 2 aromatic heterocycles. The molecule has 0 saturated heterocycles. The van der Waals surface area contributed by atoms with Gasteiger partial charge in [0.15, 0.2) is 5.82 Å². The number of imidazole rings is 1. The lowest BCUT2D eigenvalue weighted by Gasteiger charge is -2.01. The van der Waals surface area contributed by atoms with Gasteiger partial charge in [0.1, 0.15) is 11.5 Å². The van der Waals surface area contributed by atoms with Gasteiger partial charge in [-0.25, -0.2) is 14.4 Å². The van der Waals surface area contributed by atoms with Crippen molar-refractivity contribution in [2.24, 2.45) is 12.8 Å². The highest BCUT2D eigenvalue weighted by molar-refractivity contribution is 5.83. The lowest BCUT2D eigenvalue weighted by Crippen LogP contribution is -1.97. The van der Waals surface area contributed by atoms with E-state index in [2.05, 4.69) is 9.97 Å². The molecule has 19 heavy (non-hydrogen) atoms. The molecule has 96 valence electrons. The Morgan fingerprint density at radius 3 is 2.79 bits per heavy atom. The van der Waals surface area contributed by atoms with Crippen molar-refractivity contribution in [1.82, 2.24) is 14.5 Å². The summed E-state index contributed by atoms with van der Waals surface area (Å²) in [5, 5.41) is 0. The van der Waals surface area contributed by atoms with E-state index in [1.54, 1.807) is 6.07 Å². The number of hydrogen-bond acceptors (Lipinski definition) is 3. The standard InChI is InChI=1S/C14H13FN4/c1-19-12-4-2-3-9(7-16)13(12)18-14(19)11-6-5-10(15)8-17-11/h2-6,8H,7,16H2,1H3. The number of halogens is 1. The Hall–Kier alpha value is -2.27. The van der Waals surface area contributed by atoms with Crippen LogP contribution >= 0.6 is 0 Å². The van der Waals surface area contributed by atoms with Gasteiger partial charge in [0.05, 0.1) is 17.2 Å². The van der Waals surface area contributed by atoms with Gasteiger partial charge in [-0.1, -0.05) is 12.1 Å². The quantitative estimate of drug-likeness (QED) is 0.765. The molecule has 0 saturated carbocycles. The molecule has 3 rings (SSSR count). The smallest absolute Gasteiger partial charge is 0.159 e. The zero-order chi connectivity index (χ0) is 13.4. The Morgan fingerprint density at radius 1 is 1.26 bits per heavy atom. The predicted molar refractivity (Wildman–Crippen MR) is 71.8 cm³/mol. The maximum Gasteiger partial charge on any atom is 0.159 e. The van der Waals surface area contributed by atoms with Crippen LogP contribution in [0, 0.1) is 5.82 Å². The van der Waals surface area contributed by atoms with E-state index in [9.17, 15) is 4.39 Å². The molecule has 0 radical (unpaired) electrons. The zero-order valence-corrected chi connectivity index (χ0v) is 10.5. The molecule has 0 unspecified atom stereocenters. The van der Waals surface area contributed by atoms with E-state index in [-0.39, 0.29) is 5.82 Å². The lowest BCUT2D eigenvalue weighted by atomic mass is 10.2. The van der Waals surface area contributed by atoms with Gasteiger partial charge < -0.3 is 10.3 Å². The molecule has 0 spiro atoms. The predicted octanol–water partition coefficient (Wildman–Crippen LogP) is 2.23. The second-order valence-corrected chi connectivity index (χ2v) is 4.35. The monoisotopic (exact) mass is 256 g/mol. The first-order valence-corrected chi connectivity index (χ1v) is 5.97. The van der Waals surface area contributed by atoms with Crippen molar-refractivity contribution in [3.05, 3.63) is 47.9 Å². The first-order valence-electron chi connectivity index (χ1n) is 5.97. The molecule has 1 aromatic carbocycles. The minimum Gasteiger partial charge on any atom is -0.326 e. The second kappa shape index (κ2) is 4.44. The molecule has 0 fully saturated rings. The molecular weight excluding hydrogens is 243 g/mol. The van der Waals surface area contributed by atoms with E-state index >= 15 is 0 Å². The highest BCUT2D eigenvalue weighted by Gasteiger charge is 2.12. The fourth-order valence-electron chi connectivity index (χ4n) is 2.17. The van der Waals surface area contributed by atoms with Gasteiger partial charge in [0.25, 0.3) is 0 Å². The SMILES string of the molecule is Cn1c(-c2ccc(F)cn2)nc2c(CN)cccc21. The van der Waals surface area contributed by atoms with Crippen LogP contribution in [0.1, 0.15) is 5.56 Å². The van der Waals surface area contributed by atoms with Gasteiger partial charge in [-0.15, -0.1) is 0 Å². The summed E-state index contributed by atoms with van der Waals surface area (Å²) >= 11 is 0. The Labute approximate surface area is 109 Å². The van der Waals surface area contributed by atoms with E-state index < -0.39 is 0 Å². The maximum atomic E-state index is 12.9. The van der Waals surface area contributed by atoms with Crippen LogP contribution in [0.5, 0.6) is 0 Å². The van der Waals surface area contributed by atoms with Crippen molar-refractivity contribution >= 4 is 11.0 Å². The topological polar surface area (TPSA) is 56.7 Å². The molecule has 0 aliphatic heterocycles. The average molecular weight is 256 g/mol. The molecule has 2 heterocycles. The minimum absolute atomic E-state index is 0.356. The zero-order valence-electron chi connectivity index (χ0n) is 10.5. The number of para-hydroxylation sites is 1. The van der Waals surface area contributed by atoms with E-state index in [0.29, 0.717) is 18.1 Å². The molecule has 5 heteroatoms. The number of nitrogens with two attached hydrogens (primary N) is 1. The lowest BCUT2D eigenvalue weighted by molar-refractivity contribution is 0.621. The van der Waals surface area contributed by atoms with Gasteiger partial charge >= 0.3 is 0 Å². The summed E-state index contributed by atoms with van der Waals surface area (Å²) in [6, 6.07) is 8.89. The summed E-state index contributed by atoms with van der Waals surface area (Å²) in [6.45, 7) is 0.435. The van der Waals surface area contributed by atoms with Crippen LogP contribution in [0.4, 0.5) is 4.39 Å². The number of benzene rings is 1. The number of nitrogens with zero attached hydrogens (tertiary/aromatic N) is 3. The van der Waals surface area contributed by atoms with Crippen LogP contribution in [0.25, 0.3) is 22.6 Å². The molecule has 0 aliphatic carbocycles. The average Bonchev–Trinajstić information content (AvgIpc) is 2.77. The third-order valence-corrected chi connectivity index (χ3v) is 3.17. The van der Waals surface area contributed by atoms with Crippen LogP contribution in [0.2, 0.25) is 0 Å². The number of aromatic nitrogens is 3. The van der Waals surface area contributed by atoms with Crippen LogP contribution in [-0.4, -0.2) is 14.5 Å². The number of hydrogen-bond donors (Lipinski definition) is 1. The number of fused-ring (bicyclic) bond motifs is 1. The van der Waals surface area contributed by atoms with Gasteiger partial charge in [0, 0.05) is 13.6 Å².